The van der Waals surface area contributed by atoms with Gasteiger partial charge < -0.3 is 57.2 Å². The molecule has 1 aromatic rings. The van der Waals surface area contributed by atoms with Crippen LogP contribution in [0.5, 0.6) is 0 Å². The summed E-state index contributed by atoms with van der Waals surface area (Å²) < 4.78 is 61.8. The SMILES string of the molecule is CCCCCCCCCCCCCCCCCCOCCOCCOCCOCCOCCOCCOCCOCCOCCOC(=O)C(C)(C)CC(CC(CC(C#N)CC(CC)c1ccccc1)C(=O)O)C(=O)OCC(CC)CCCC. The van der Waals surface area contributed by atoms with Crippen molar-refractivity contribution in [2.45, 2.75) is 208 Å². The minimum Gasteiger partial charge on any atom is -0.481 e. The number of unbranched alkanes of at least 4 members (excludes halogenated alkanes) is 16. The van der Waals surface area contributed by atoms with Crippen LogP contribution in [0.4, 0.5) is 0 Å². The van der Waals surface area contributed by atoms with E-state index in [4.69, 9.17) is 52.1 Å². The molecule has 0 aliphatic carbocycles. The predicted molar refractivity (Wildman–Crippen MR) is 328 cm³/mol. The fourth-order valence-corrected chi connectivity index (χ4v) is 9.97. The van der Waals surface area contributed by atoms with Crippen LogP contribution >= 0.6 is 0 Å². The first-order valence-corrected chi connectivity index (χ1v) is 32.7. The first-order valence-electron chi connectivity index (χ1n) is 32.7. The third kappa shape index (κ3) is 45.7. The van der Waals surface area contributed by atoms with Crippen molar-refractivity contribution >= 4 is 17.9 Å². The summed E-state index contributed by atoms with van der Waals surface area (Å²) in [5.74, 6) is -4.28. The van der Waals surface area contributed by atoms with Crippen LogP contribution in [-0.2, 0) is 66.5 Å². The Balaban J connectivity index is 2.08. The number of aliphatic carboxylic acids is 1. The second-order valence-electron chi connectivity index (χ2n) is 22.9. The van der Waals surface area contributed by atoms with Crippen molar-refractivity contribution in [2.24, 2.45) is 29.1 Å². The monoisotopic (exact) mass is 1180 g/mol. The third-order valence-electron chi connectivity index (χ3n) is 15.2. The summed E-state index contributed by atoms with van der Waals surface area (Å²) >= 11 is 0. The van der Waals surface area contributed by atoms with Crippen LogP contribution in [0.3, 0.4) is 0 Å². The molecule has 1 rings (SSSR count). The number of nitrogens with zero attached hydrogens (tertiary/aromatic N) is 1. The van der Waals surface area contributed by atoms with Crippen molar-refractivity contribution < 1.29 is 71.6 Å². The van der Waals surface area contributed by atoms with Crippen molar-refractivity contribution in [2.75, 3.05) is 132 Å². The van der Waals surface area contributed by atoms with E-state index in [1.807, 2.05) is 30.3 Å². The van der Waals surface area contributed by atoms with Crippen LogP contribution in [0, 0.1) is 40.4 Å². The number of esters is 2. The van der Waals surface area contributed by atoms with Crippen molar-refractivity contribution in [3.63, 3.8) is 0 Å². The quantitative estimate of drug-likeness (QED) is 0.0477. The molecule has 83 heavy (non-hydrogen) atoms. The highest BCUT2D eigenvalue weighted by Crippen LogP contribution is 2.36. The highest BCUT2D eigenvalue weighted by Gasteiger charge is 2.39. The summed E-state index contributed by atoms with van der Waals surface area (Å²) in [6.07, 6.45) is 27.1. The number of hydrogen-bond donors (Lipinski definition) is 1. The van der Waals surface area contributed by atoms with Crippen LogP contribution in [0.2, 0.25) is 0 Å². The summed E-state index contributed by atoms with van der Waals surface area (Å²) in [7, 11) is 0. The fourth-order valence-electron chi connectivity index (χ4n) is 9.97. The Morgan fingerprint density at radius 3 is 1.25 bits per heavy atom. The zero-order valence-electron chi connectivity index (χ0n) is 53.2. The average molecular weight is 1180 g/mol. The van der Waals surface area contributed by atoms with Gasteiger partial charge in [0, 0.05) is 12.5 Å². The first kappa shape index (κ1) is 77.8. The molecule has 5 atom stereocenters. The van der Waals surface area contributed by atoms with Crippen LogP contribution in [0.15, 0.2) is 30.3 Å². The second kappa shape index (κ2) is 56.6. The molecule has 482 valence electrons. The topological polar surface area (TPSA) is 197 Å². The lowest BCUT2D eigenvalue weighted by Gasteiger charge is -2.29. The number of hydrogen-bond acceptors (Lipinski definition) is 15. The molecule has 0 fully saturated rings. The number of rotatable bonds is 63. The molecule has 0 radical (unpaired) electrons. The van der Waals surface area contributed by atoms with Crippen LogP contribution in [-0.4, -0.2) is 155 Å². The van der Waals surface area contributed by atoms with E-state index < -0.39 is 41.1 Å². The van der Waals surface area contributed by atoms with Gasteiger partial charge in [-0.15, -0.1) is 0 Å². The van der Waals surface area contributed by atoms with Gasteiger partial charge in [-0.05, 0) is 76.2 Å². The standard InChI is InChI=1S/C67H119NO15/c1-7-11-13-14-15-16-17-18-19-20-21-22-23-24-25-29-33-73-34-35-74-36-37-75-38-39-76-40-41-77-42-43-78-44-45-79-46-47-80-48-49-81-50-51-82-66(72)67(5,6)55-63(65(71)83-57-58(9-3)30-12-8-2)54-62(64(69)70)53-59(56-68)52-60(10-4)61-31-27-26-28-32-61/h26-28,31-32,58-60,62-63H,7-25,29-30,33-55,57H2,1-6H3,(H,69,70). The van der Waals surface area contributed by atoms with Gasteiger partial charge in [-0.25, -0.2) is 0 Å². The van der Waals surface area contributed by atoms with Gasteiger partial charge in [0.1, 0.15) is 6.61 Å². The third-order valence-corrected chi connectivity index (χ3v) is 15.2. The maximum Gasteiger partial charge on any atom is 0.311 e. The molecule has 0 aliphatic heterocycles. The highest BCUT2D eigenvalue weighted by molar-refractivity contribution is 5.79. The summed E-state index contributed by atoms with van der Waals surface area (Å²) in [5.41, 5.74) is -0.0319. The smallest absolute Gasteiger partial charge is 0.311 e. The number of ether oxygens (including phenoxy) is 11. The number of carboxylic acids is 1. The number of carbonyl (C=O) groups is 3. The van der Waals surface area contributed by atoms with Gasteiger partial charge in [-0.3, -0.25) is 14.4 Å². The van der Waals surface area contributed by atoms with E-state index in [0.29, 0.717) is 112 Å². The Bertz CT molecular complexity index is 1660. The van der Waals surface area contributed by atoms with Gasteiger partial charge in [-0.1, -0.05) is 174 Å². The lowest BCUT2D eigenvalue weighted by atomic mass is 9.76. The zero-order valence-corrected chi connectivity index (χ0v) is 53.2. The van der Waals surface area contributed by atoms with Crippen molar-refractivity contribution in [3.8, 4) is 6.07 Å². The Morgan fingerprint density at radius 2 is 0.867 bits per heavy atom. The van der Waals surface area contributed by atoms with Crippen molar-refractivity contribution in [3.05, 3.63) is 35.9 Å². The number of carbonyl (C=O) groups excluding carboxylic acids is 2. The normalized spacial score (nSPS) is 13.6. The summed E-state index contributed by atoms with van der Waals surface area (Å²) in [5, 5.41) is 20.6. The molecular weight excluding hydrogens is 1060 g/mol. The average Bonchev–Trinajstić information content (AvgIpc) is 3.65. The summed E-state index contributed by atoms with van der Waals surface area (Å²) in [6, 6.07) is 12.3. The Labute approximate surface area is 504 Å². The van der Waals surface area contributed by atoms with Crippen molar-refractivity contribution in [1.29, 1.82) is 5.26 Å². The van der Waals surface area contributed by atoms with Gasteiger partial charge in [0.25, 0.3) is 0 Å². The first-order chi connectivity index (χ1) is 40.5. The molecule has 16 heteroatoms. The van der Waals surface area contributed by atoms with E-state index in [0.717, 1.165) is 50.7 Å². The van der Waals surface area contributed by atoms with Gasteiger partial charge in [0.2, 0.25) is 0 Å². The molecule has 0 heterocycles. The van der Waals surface area contributed by atoms with Crippen LogP contribution in [0.25, 0.3) is 0 Å². The van der Waals surface area contributed by atoms with E-state index >= 15 is 0 Å². The summed E-state index contributed by atoms with van der Waals surface area (Å²) in [6.45, 7) is 20.6. The Morgan fingerprint density at radius 1 is 0.470 bits per heavy atom. The maximum atomic E-state index is 13.8. The van der Waals surface area contributed by atoms with Gasteiger partial charge in [0.15, 0.2) is 0 Å². The zero-order chi connectivity index (χ0) is 60.5. The van der Waals surface area contributed by atoms with E-state index in [-0.39, 0.29) is 50.9 Å². The number of carboxylic acid groups (broad SMARTS) is 1. The minimum atomic E-state index is -1.14. The molecule has 0 aromatic heterocycles. The van der Waals surface area contributed by atoms with Crippen molar-refractivity contribution in [1.82, 2.24) is 0 Å². The molecule has 16 nitrogen and oxygen atoms in total. The van der Waals surface area contributed by atoms with Gasteiger partial charge in [0.05, 0.1) is 142 Å². The summed E-state index contributed by atoms with van der Waals surface area (Å²) in [4.78, 5) is 40.0. The van der Waals surface area contributed by atoms with E-state index in [1.54, 1.807) is 13.8 Å². The fraction of sp³-hybridized carbons (Fsp3) is 0.851. The molecule has 0 amide bonds. The maximum absolute atomic E-state index is 13.8. The molecule has 0 bridgehead atoms. The van der Waals surface area contributed by atoms with Gasteiger partial charge in [-0.2, -0.15) is 5.26 Å². The molecule has 1 aromatic carbocycles. The Hall–Kier alpha value is -3.24. The molecule has 0 saturated carbocycles. The molecule has 5 unspecified atom stereocenters. The number of benzene rings is 1. The molecular formula is C67H119NO15. The lowest BCUT2D eigenvalue weighted by molar-refractivity contribution is -0.160. The van der Waals surface area contributed by atoms with Gasteiger partial charge >= 0.3 is 17.9 Å². The predicted octanol–water partition coefficient (Wildman–Crippen LogP) is 13.9. The van der Waals surface area contributed by atoms with E-state index in [2.05, 4.69) is 33.8 Å². The molecule has 0 spiro atoms. The van der Waals surface area contributed by atoms with Crippen LogP contribution < -0.4 is 0 Å². The van der Waals surface area contributed by atoms with E-state index in [9.17, 15) is 24.8 Å². The Kier molecular flexibility index (Phi) is 53.0. The minimum absolute atomic E-state index is 0.000558. The molecule has 0 aliphatic rings. The van der Waals surface area contributed by atoms with Crippen LogP contribution in [0.1, 0.15) is 214 Å². The largest absolute Gasteiger partial charge is 0.481 e. The highest BCUT2D eigenvalue weighted by atomic mass is 16.6. The lowest BCUT2D eigenvalue weighted by Crippen LogP contribution is -2.35. The number of nitriles is 1. The van der Waals surface area contributed by atoms with E-state index in [1.165, 1.54) is 96.3 Å². The second-order valence-corrected chi connectivity index (χ2v) is 22.9. The molecule has 0 saturated heterocycles. The molecule has 1 N–H and O–H groups in total.